The lowest BCUT2D eigenvalue weighted by atomic mass is 9.85. The van der Waals surface area contributed by atoms with Crippen LogP contribution in [0.5, 0.6) is 23.0 Å². The Balaban J connectivity index is 0.912. The van der Waals surface area contributed by atoms with E-state index >= 15 is 0 Å². The first-order valence-corrected chi connectivity index (χ1v) is 29.4. The molecule has 0 spiro atoms. The molecule has 21 heteroatoms. The number of ether oxygens (including phenoxy) is 7. The molecule has 7 rings (SSSR count). The Bertz CT molecular complexity index is 3780. The average molecular weight is 1220 g/mol. The largest absolute Gasteiger partial charge is 0.504 e. The van der Waals surface area contributed by atoms with Crippen LogP contribution < -0.4 is 24.8 Å². The van der Waals surface area contributed by atoms with E-state index in [9.17, 15) is 38.7 Å². The number of carbonyl (C=O) groups excluding carboxylic acids is 7. The van der Waals surface area contributed by atoms with Gasteiger partial charge in [0, 0.05) is 77.6 Å². The number of H-pyrrole nitrogens is 2. The summed E-state index contributed by atoms with van der Waals surface area (Å²) < 4.78 is 37.8. The molecular formula is C68H78N6O15. The summed E-state index contributed by atoms with van der Waals surface area (Å²) in [6.45, 7) is 15.2. The molecule has 2 atom stereocenters. The molecule has 89 heavy (non-hydrogen) atoms. The van der Waals surface area contributed by atoms with Gasteiger partial charge in [0.1, 0.15) is 0 Å². The quantitative estimate of drug-likeness (QED) is 0.00939. The van der Waals surface area contributed by atoms with Gasteiger partial charge in [0.2, 0.25) is 5.91 Å². The molecule has 0 saturated heterocycles. The monoisotopic (exact) mass is 1220 g/mol. The van der Waals surface area contributed by atoms with Gasteiger partial charge < -0.3 is 58.9 Å². The molecule has 470 valence electrons. The number of amides is 2. The fourth-order valence-electron chi connectivity index (χ4n) is 10.6. The molecule has 2 amide bonds. The number of carbonyl (C=O) groups is 7. The van der Waals surface area contributed by atoms with Crippen LogP contribution in [0, 0.1) is 13.8 Å². The molecule has 2 aromatic carbocycles. The number of ketones is 2. The Morgan fingerprint density at radius 2 is 1.33 bits per heavy atom. The minimum Gasteiger partial charge on any atom is -0.504 e. The molecule has 5 N–H and O–H groups in total. The number of phenols is 1. The Morgan fingerprint density at radius 1 is 0.685 bits per heavy atom. The van der Waals surface area contributed by atoms with E-state index in [4.69, 9.17) is 43.1 Å². The third-order valence-corrected chi connectivity index (χ3v) is 15.5. The van der Waals surface area contributed by atoms with Gasteiger partial charge in [-0.25, -0.2) is 4.98 Å². The van der Waals surface area contributed by atoms with Crippen molar-refractivity contribution in [2.45, 2.75) is 97.8 Å². The predicted molar refractivity (Wildman–Crippen MR) is 338 cm³/mol. The molecule has 3 aromatic heterocycles. The van der Waals surface area contributed by atoms with Crippen LogP contribution in [-0.4, -0.2) is 134 Å². The number of benzene rings is 2. The first-order valence-electron chi connectivity index (χ1n) is 29.4. The maximum absolute atomic E-state index is 14.6. The van der Waals surface area contributed by atoms with Crippen molar-refractivity contribution in [3.8, 4) is 23.0 Å². The van der Waals surface area contributed by atoms with E-state index < -0.39 is 29.4 Å². The van der Waals surface area contributed by atoms with Crippen molar-refractivity contribution in [1.82, 2.24) is 30.6 Å². The Kier molecular flexibility index (Phi) is 24.1. The van der Waals surface area contributed by atoms with Gasteiger partial charge in [-0.2, -0.15) is 0 Å². The number of hydrogen-bond acceptors (Lipinski definition) is 17. The summed E-state index contributed by atoms with van der Waals surface area (Å²) in [6.07, 6.45) is 8.19. The lowest BCUT2D eigenvalue weighted by Crippen LogP contribution is -2.29. The summed E-state index contributed by atoms with van der Waals surface area (Å²) in [5.74, 6) is -3.02. The number of nitrogens with zero attached hydrogens (tertiary/aromatic N) is 2. The van der Waals surface area contributed by atoms with E-state index in [1.54, 1.807) is 24.3 Å². The summed E-state index contributed by atoms with van der Waals surface area (Å²) in [6, 6.07) is 15.3. The molecular weight excluding hydrogens is 1140 g/mol. The maximum atomic E-state index is 14.6. The summed E-state index contributed by atoms with van der Waals surface area (Å²) in [4.78, 5) is 108. The molecule has 5 aromatic rings. The molecule has 8 bridgehead atoms. The third kappa shape index (κ3) is 17.4. The lowest BCUT2D eigenvalue weighted by molar-refractivity contribution is -0.141. The van der Waals surface area contributed by atoms with Crippen LogP contribution in [0.2, 0.25) is 0 Å². The zero-order valence-electron chi connectivity index (χ0n) is 51.9. The van der Waals surface area contributed by atoms with E-state index in [0.717, 1.165) is 50.4 Å². The van der Waals surface area contributed by atoms with Gasteiger partial charge in [-0.05, 0) is 128 Å². The zero-order valence-corrected chi connectivity index (χ0v) is 51.9. The minimum absolute atomic E-state index is 0.0354. The predicted octanol–water partition coefficient (Wildman–Crippen LogP) is 10.1. The third-order valence-electron chi connectivity index (χ3n) is 15.5. The van der Waals surface area contributed by atoms with Crippen LogP contribution in [0.3, 0.4) is 0 Å². The highest BCUT2D eigenvalue weighted by Gasteiger charge is 2.34. The van der Waals surface area contributed by atoms with Crippen molar-refractivity contribution in [3.63, 3.8) is 0 Å². The van der Waals surface area contributed by atoms with Gasteiger partial charge in [0.25, 0.3) is 5.91 Å². The normalized spacial score (nSPS) is 13.8. The van der Waals surface area contributed by atoms with E-state index in [2.05, 4.69) is 34.1 Å². The number of aromatic hydroxyl groups is 1. The first-order chi connectivity index (χ1) is 42.8. The van der Waals surface area contributed by atoms with Crippen molar-refractivity contribution in [2.24, 2.45) is 0 Å². The lowest BCUT2D eigenvalue weighted by Gasteiger charge is -2.18. The molecule has 0 saturated carbocycles. The van der Waals surface area contributed by atoms with Crippen LogP contribution in [0.4, 0.5) is 0 Å². The minimum atomic E-state index is -0.574. The summed E-state index contributed by atoms with van der Waals surface area (Å²) >= 11 is 0. The smallest absolute Gasteiger partial charge is 0.311 e. The number of esters is 3. The SMILES string of the molecule is C=Cc1c(C)c2cc3nc(c(CC(=O)OC)c4[nH]c(cc5nc(cc1[nH]2)C(C)=C5CC)c(C)c4C(=O)NCCOCCOCCNC(=O)CCCC(=O)Oc1ccc(/C=C/C(=O)CC(=O)/C=C/c2ccc(O)c(OC)c2)cc1OC)C(CCC(=O)OC)C3C. The summed E-state index contributed by atoms with van der Waals surface area (Å²) in [5, 5.41) is 15.5. The number of aromatic amines is 2. The molecule has 0 fully saturated rings. The highest BCUT2D eigenvalue weighted by atomic mass is 16.6. The van der Waals surface area contributed by atoms with Crippen molar-refractivity contribution in [1.29, 1.82) is 0 Å². The maximum Gasteiger partial charge on any atom is 0.311 e. The Morgan fingerprint density at radius 3 is 1.98 bits per heavy atom. The highest BCUT2D eigenvalue weighted by Crippen LogP contribution is 2.43. The number of fused-ring (bicyclic) bond motifs is 8. The molecule has 0 aliphatic carbocycles. The van der Waals surface area contributed by atoms with Gasteiger partial charge in [-0.3, -0.25) is 38.5 Å². The second-order valence-corrected chi connectivity index (χ2v) is 21.3. The number of phenolic OH excluding ortho intramolecular Hbond substituents is 1. The van der Waals surface area contributed by atoms with Crippen molar-refractivity contribution in [2.75, 3.05) is 68.0 Å². The molecule has 0 radical (unpaired) electrons. The molecule has 2 aliphatic rings. The van der Waals surface area contributed by atoms with Crippen molar-refractivity contribution < 1.29 is 71.8 Å². The van der Waals surface area contributed by atoms with E-state index in [-0.39, 0.29) is 125 Å². The molecule has 2 aliphatic heterocycles. The second kappa shape index (κ2) is 32.0. The number of allylic oxidation sites excluding steroid dienone is 4. The van der Waals surface area contributed by atoms with Crippen LogP contribution in [0.25, 0.3) is 51.4 Å². The molecule has 21 nitrogen and oxygen atoms in total. The van der Waals surface area contributed by atoms with Crippen LogP contribution in [0.1, 0.15) is 144 Å². The Hall–Kier alpha value is -9.47. The number of methoxy groups -OCH3 is 4. The highest BCUT2D eigenvalue weighted by molar-refractivity contribution is 6.11. The number of hydrogen-bond donors (Lipinski definition) is 5. The standard InChI is InChI=1S/C68H78N6O15/c1-11-47-39(3)51-36-53-41(5)49(22-25-62(79)85-9)66(73-53)50(35-64(81)86-10)67-65(42(6)54(74-67)38-56-48(12-2)40(4)52(72-56)37-55(47)71-51)68(82)70-27-29-88-31-30-87-28-26-69-61(78)14-13-15-63(80)89-58-24-19-44(33-60(58)84-8)17-21-46(76)34-45(75)20-16-43-18-23-57(77)59(32-43)83-7/h11,16-21,23-24,32-33,36-38,41,49,71,74,77H,1,12-15,22,25-31,34-35H2,2-10H3,(H,69,78)(H,70,82)/b20-16+,21-17+,51-36?,52-37?,53-36?,54-38?,55-37?,56-38?,66-50?,67-50?. The van der Waals surface area contributed by atoms with E-state index in [0.29, 0.717) is 57.4 Å². The number of aromatic nitrogens is 4. The van der Waals surface area contributed by atoms with Gasteiger partial charge in [0.15, 0.2) is 34.6 Å². The topological polar surface area (TPSA) is 286 Å². The number of nitrogens with one attached hydrogen (secondary N) is 4. The second-order valence-electron chi connectivity index (χ2n) is 21.3. The molecule has 2 unspecified atom stereocenters. The fraction of sp³-hybridized carbons (Fsp3) is 0.368. The molecule has 5 heterocycles. The van der Waals surface area contributed by atoms with Gasteiger partial charge in [0.05, 0.1) is 95.9 Å². The first kappa shape index (κ1) is 67.0. The zero-order chi connectivity index (χ0) is 64.3. The van der Waals surface area contributed by atoms with E-state index in [1.807, 2.05) is 52.0 Å². The van der Waals surface area contributed by atoms with Gasteiger partial charge >= 0.3 is 17.9 Å². The number of aryl methyl sites for hydroxylation is 2. The van der Waals surface area contributed by atoms with E-state index in [1.165, 1.54) is 64.9 Å². The van der Waals surface area contributed by atoms with Gasteiger partial charge in [-0.15, -0.1) is 0 Å². The summed E-state index contributed by atoms with van der Waals surface area (Å²) in [5.41, 5.74) is 11.9. The average Bonchev–Trinajstić information content (AvgIpc) is 1.64. The Labute approximate surface area is 516 Å². The van der Waals surface area contributed by atoms with Crippen LogP contribution in [0.15, 0.2) is 73.3 Å². The van der Waals surface area contributed by atoms with Gasteiger partial charge in [-0.1, -0.05) is 50.8 Å². The van der Waals surface area contributed by atoms with Crippen molar-refractivity contribution >= 4 is 92.7 Å². The van der Waals surface area contributed by atoms with Crippen LogP contribution >= 0.6 is 0 Å². The van der Waals surface area contributed by atoms with Crippen molar-refractivity contribution in [3.05, 3.63) is 135 Å². The summed E-state index contributed by atoms with van der Waals surface area (Å²) in [7, 11) is 5.47. The van der Waals surface area contributed by atoms with Crippen LogP contribution in [-0.2, 0) is 54.1 Å². The number of rotatable bonds is 30. The fourth-order valence-corrected chi connectivity index (χ4v) is 10.6.